The molecule has 0 aliphatic heterocycles. The average Bonchev–Trinajstić information content (AvgIpc) is 2.02. The zero-order chi connectivity index (χ0) is 10.8. The van der Waals surface area contributed by atoms with Crippen LogP contribution in [-0.2, 0) is 0 Å². The Morgan fingerprint density at radius 3 is 2.21 bits per heavy atom. The van der Waals surface area contributed by atoms with Gasteiger partial charge in [-0.3, -0.25) is 0 Å². The summed E-state index contributed by atoms with van der Waals surface area (Å²) in [6, 6.07) is 0. The fraction of sp³-hybridized carbons (Fsp3) is 0.167. The summed E-state index contributed by atoms with van der Waals surface area (Å²) in [4.78, 5) is 16.8. The first kappa shape index (κ1) is 10.8. The summed E-state index contributed by atoms with van der Waals surface area (Å²) in [5.74, 6) is -1.28. The summed E-state index contributed by atoms with van der Waals surface area (Å²) in [5, 5.41) is 7.87. The molecule has 8 heteroatoms. The lowest BCUT2D eigenvalue weighted by molar-refractivity contribution is -0.0331. The maximum atomic E-state index is 11.8. The van der Waals surface area contributed by atoms with Crippen molar-refractivity contribution in [1.82, 2.24) is 9.97 Å². The van der Waals surface area contributed by atoms with Crippen LogP contribution in [0.4, 0.5) is 13.2 Å². The molecule has 0 spiro atoms. The van der Waals surface area contributed by atoms with Gasteiger partial charge in [-0.25, -0.2) is 14.8 Å². The summed E-state index contributed by atoms with van der Waals surface area (Å²) in [6.45, 7) is 0. The Hall–Kier alpha value is -1.31. The number of alkyl halides is 3. The van der Waals surface area contributed by atoms with Gasteiger partial charge in [-0.05, 0) is 0 Å². The Bertz CT molecular complexity index is 338. The molecule has 1 heterocycles. The number of hydrogen-bond acceptors (Lipinski definition) is 4. The normalized spacial score (nSPS) is 11.4. The number of rotatable bonds is 2. The lowest BCUT2D eigenvalue weighted by Gasteiger charge is -2.02. The van der Waals surface area contributed by atoms with Crippen molar-refractivity contribution in [1.29, 1.82) is 0 Å². The maximum absolute atomic E-state index is 11.8. The topological polar surface area (TPSA) is 63.1 Å². The van der Waals surface area contributed by atoms with E-state index in [4.69, 9.17) is 5.11 Å². The molecule has 76 valence electrons. The van der Waals surface area contributed by atoms with E-state index in [-0.39, 0.29) is 5.56 Å². The minimum atomic E-state index is -4.47. The van der Waals surface area contributed by atoms with Gasteiger partial charge in [0.2, 0.25) is 0 Å². The molecule has 1 N–H and O–H groups in total. The molecule has 1 aromatic heterocycles. The monoisotopic (exact) mass is 224 g/mol. The highest BCUT2D eigenvalue weighted by Crippen LogP contribution is 2.34. The minimum absolute atomic E-state index is 0.253. The van der Waals surface area contributed by atoms with Crippen molar-refractivity contribution in [2.24, 2.45) is 0 Å². The van der Waals surface area contributed by atoms with Gasteiger partial charge in [0.15, 0.2) is 5.16 Å². The van der Waals surface area contributed by atoms with Crippen molar-refractivity contribution in [3.05, 3.63) is 18.0 Å². The van der Waals surface area contributed by atoms with Crippen LogP contribution in [0.3, 0.4) is 0 Å². The highest BCUT2D eigenvalue weighted by atomic mass is 32.2. The first-order valence-corrected chi connectivity index (χ1v) is 4.01. The molecule has 0 radical (unpaired) electrons. The van der Waals surface area contributed by atoms with Crippen LogP contribution in [-0.4, -0.2) is 26.6 Å². The minimum Gasteiger partial charge on any atom is -0.478 e. The fourth-order valence-electron chi connectivity index (χ4n) is 0.583. The Balaban J connectivity index is 2.79. The SMILES string of the molecule is O=C(O)c1cnc(SC(F)(F)F)nc1. The number of aromatic nitrogens is 2. The average molecular weight is 224 g/mol. The van der Waals surface area contributed by atoms with Crippen LogP contribution in [0.1, 0.15) is 10.4 Å². The van der Waals surface area contributed by atoms with Crippen LogP contribution in [0.2, 0.25) is 0 Å². The first-order chi connectivity index (χ1) is 6.38. The van der Waals surface area contributed by atoms with E-state index in [1.807, 2.05) is 0 Å². The molecule has 0 aromatic carbocycles. The number of aromatic carboxylic acids is 1. The molecular weight excluding hydrogens is 221 g/mol. The van der Waals surface area contributed by atoms with E-state index >= 15 is 0 Å². The van der Waals surface area contributed by atoms with Crippen molar-refractivity contribution in [2.75, 3.05) is 0 Å². The second-order valence-electron chi connectivity index (χ2n) is 2.11. The summed E-state index contributed by atoms with van der Waals surface area (Å²) in [5.41, 5.74) is -4.72. The molecule has 1 aromatic rings. The lowest BCUT2D eigenvalue weighted by Crippen LogP contribution is -2.03. The van der Waals surface area contributed by atoms with E-state index < -0.39 is 28.4 Å². The van der Waals surface area contributed by atoms with Crippen molar-refractivity contribution in [2.45, 2.75) is 10.7 Å². The summed E-state index contributed by atoms with van der Waals surface area (Å²) in [6.07, 6.45) is 1.65. The molecule has 0 aliphatic carbocycles. The van der Waals surface area contributed by atoms with E-state index in [2.05, 4.69) is 9.97 Å². The van der Waals surface area contributed by atoms with Crippen molar-refractivity contribution in [3.63, 3.8) is 0 Å². The second kappa shape index (κ2) is 3.82. The van der Waals surface area contributed by atoms with Gasteiger partial charge in [-0.15, -0.1) is 0 Å². The molecule has 14 heavy (non-hydrogen) atoms. The zero-order valence-corrected chi connectivity index (χ0v) is 7.26. The van der Waals surface area contributed by atoms with Crippen LogP contribution in [0.25, 0.3) is 0 Å². The third kappa shape index (κ3) is 3.21. The van der Waals surface area contributed by atoms with Crippen LogP contribution in [0.5, 0.6) is 0 Å². The van der Waals surface area contributed by atoms with Crippen LogP contribution in [0, 0.1) is 0 Å². The predicted molar refractivity (Wildman–Crippen MR) is 40.9 cm³/mol. The number of thioether (sulfide) groups is 1. The Kier molecular flexibility index (Phi) is 2.94. The lowest BCUT2D eigenvalue weighted by atomic mass is 10.4. The zero-order valence-electron chi connectivity index (χ0n) is 6.45. The van der Waals surface area contributed by atoms with Crippen LogP contribution >= 0.6 is 11.8 Å². The Morgan fingerprint density at radius 1 is 1.36 bits per heavy atom. The van der Waals surface area contributed by atoms with E-state index in [1.54, 1.807) is 0 Å². The van der Waals surface area contributed by atoms with Crippen LogP contribution < -0.4 is 0 Å². The van der Waals surface area contributed by atoms with Gasteiger partial charge in [0.1, 0.15) is 0 Å². The number of carboxylic acid groups (broad SMARTS) is 1. The highest BCUT2D eigenvalue weighted by Gasteiger charge is 2.30. The van der Waals surface area contributed by atoms with Gasteiger partial charge in [-0.2, -0.15) is 13.2 Å². The maximum Gasteiger partial charge on any atom is 0.449 e. The third-order valence-corrected chi connectivity index (χ3v) is 1.71. The first-order valence-electron chi connectivity index (χ1n) is 3.19. The smallest absolute Gasteiger partial charge is 0.449 e. The largest absolute Gasteiger partial charge is 0.478 e. The second-order valence-corrected chi connectivity index (χ2v) is 3.14. The van der Waals surface area contributed by atoms with Gasteiger partial charge < -0.3 is 5.11 Å². The summed E-state index contributed by atoms with van der Waals surface area (Å²) in [7, 11) is 0. The third-order valence-electron chi connectivity index (χ3n) is 1.08. The molecule has 0 fully saturated rings. The highest BCUT2D eigenvalue weighted by molar-refractivity contribution is 8.00. The number of carboxylic acids is 1. The van der Waals surface area contributed by atoms with E-state index in [9.17, 15) is 18.0 Å². The molecule has 0 saturated heterocycles. The van der Waals surface area contributed by atoms with Crippen molar-refractivity contribution < 1.29 is 23.1 Å². The van der Waals surface area contributed by atoms with Crippen molar-refractivity contribution >= 4 is 17.7 Å². The Morgan fingerprint density at radius 2 is 1.86 bits per heavy atom. The van der Waals surface area contributed by atoms with Gasteiger partial charge in [0, 0.05) is 24.2 Å². The quantitative estimate of drug-likeness (QED) is 0.612. The molecule has 4 nitrogen and oxygen atoms in total. The summed E-state index contributed by atoms with van der Waals surface area (Å²) >= 11 is -0.494. The van der Waals surface area contributed by atoms with E-state index in [1.165, 1.54) is 0 Å². The fourth-order valence-corrected chi connectivity index (χ4v) is 1.00. The standard InChI is InChI=1S/C6H3F3N2O2S/c7-6(8,9)14-5-10-1-3(2-11-5)4(12)13/h1-2H,(H,12,13). The van der Waals surface area contributed by atoms with Gasteiger partial charge in [0.05, 0.1) is 5.56 Å². The van der Waals surface area contributed by atoms with Gasteiger partial charge >= 0.3 is 11.5 Å². The molecule has 0 amide bonds. The molecule has 0 unspecified atom stereocenters. The number of carbonyl (C=O) groups is 1. The molecule has 0 atom stereocenters. The Labute approximate surface area is 80.2 Å². The van der Waals surface area contributed by atoms with E-state index in [0.29, 0.717) is 0 Å². The van der Waals surface area contributed by atoms with Gasteiger partial charge in [-0.1, -0.05) is 0 Å². The summed E-state index contributed by atoms with van der Waals surface area (Å²) < 4.78 is 35.3. The van der Waals surface area contributed by atoms with E-state index in [0.717, 1.165) is 12.4 Å². The molecule has 1 rings (SSSR count). The van der Waals surface area contributed by atoms with Gasteiger partial charge in [0.25, 0.3) is 0 Å². The molecular formula is C6H3F3N2O2S. The number of hydrogen-bond donors (Lipinski definition) is 1. The number of halogens is 3. The van der Waals surface area contributed by atoms with Crippen molar-refractivity contribution in [3.8, 4) is 0 Å². The number of nitrogens with zero attached hydrogens (tertiary/aromatic N) is 2. The molecule has 0 bridgehead atoms. The van der Waals surface area contributed by atoms with Crippen LogP contribution in [0.15, 0.2) is 17.6 Å². The molecule has 0 saturated carbocycles. The predicted octanol–water partition coefficient (Wildman–Crippen LogP) is 1.79. The molecule has 0 aliphatic rings.